The van der Waals surface area contributed by atoms with Crippen LogP contribution in [-0.2, 0) is 19.5 Å². The Morgan fingerprint density at radius 3 is 2.38 bits per heavy atom. The lowest BCUT2D eigenvalue weighted by Crippen LogP contribution is -2.31. The van der Waals surface area contributed by atoms with Gasteiger partial charge in [0.1, 0.15) is 5.75 Å². The molecule has 6 heteroatoms. The summed E-state index contributed by atoms with van der Waals surface area (Å²) in [5.41, 5.74) is 0. The highest BCUT2D eigenvalue weighted by Gasteiger charge is 2.21. The van der Waals surface area contributed by atoms with E-state index in [0.717, 1.165) is 5.06 Å². The number of carbonyl (C=O) groups is 1. The SMILES string of the molecule is CON(C)C(=O)CS(=O)(=O)c1ccccc1. The van der Waals surface area contributed by atoms with Crippen molar-refractivity contribution < 1.29 is 18.0 Å². The molecule has 1 amide bonds. The zero-order valence-corrected chi connectivity index (χ0v) is 9.90. The van der Waals surface area contributed by atoms with Crippen LogP contribution in [0.5, 0.6) is 0 Å². The third kappa shape index (κ3) is 3.04. The summed E-state index contributed by atoms with van der Waals surface area (Å²) in [4.78, 5) is 16.1. The van der Waals surface area contributed by atoms with Gasteiger partial charge < -0.3 is 0 Å². The molecular weight excluding hydrogens is 230 g/mol. The van der Waals surface area contributed by atoms with Crippen LogP contribution in [-0.4, -0.2) is 39.3 Å². The fraction of sp³-hybridized carbons (Fsp3) is 0.300. The summed E-state index contributed by atoms with van der Waals surface area (Å²) < 4.78 is 23.5. The number of benzene rings is 1. The molecule has 88 valence electrons. The first-order valence-corrected chi connectivity index (χ1v) is 6.21. The van der Waals surface area contributed by atoms with E-state index >= 15 is 0 Å². The van der Waals surface area contributed by atoms with Gasteiger partial charge in [0.15, 0.2) is 9.84 Å². The molecule has 0 atom stereocenters. The Hall–Kier alpha value is -1.40. The number of sulfone groups is 1. The van der Waals surface area contributed by atoms with Gasteiger partial charge in [-0.05, 0) is 12.1 Å². The van der Waals surface area contributed by atoms with Gasteiger partial charge in [-0.3, -0.25) is 9.63 Å². The van der Waals surface area contributed by atoms with E-state index in [4.69, 9.17) is 0 Å². The fourth-order valence-corrected chi connectivity index (χ4v) is 2.31. The van der Waals surface area contributed by atoms with E-state index in [1.807, 2.05) is 0 Å². The Kier molecular flexibility index (Phi) is 4.03. The van der Waals surface area contributed by atoms with Crippen LogP contribution >= 0.6 is 0 Å². The Bertz CT molecular complexity index is 455. The molecule has 0 spiro atoms. The van der Waals surface area contributed by atoms with Crippen molar-refractivity contribution in [3.05, 3.63) is 30.3 Å². The normalized spacial score (nSPS) is 11.1. The van der Waals surface area contributed by atoms with Crippen LogP contribution in [0, 0.1) is 0 Å². The van der Waals surface area contributed by atoms with Crippen LogP contribution in [0.3, 0.4) is 0 Å². The minimum atomic E-state index is -3.59. The largest absolute Gasteiger partial charge is 0.275 e. The summed E-state index contributed by atoms with van der Waals surface area (Å²) in [6.45, 7) is 0. The molecule has 1 aromatic carbocycles. The fourth-order valence-electron chi connectivity index (χ4n) is 1.07. The molecule has 0 heterocycles. The van der Waals surface area contributed by atoms with Gasteiger partial charge in [0.2, 0.25) is 0 Å². The summed E-state index contributed by atoms with van der Waals surface area (Å²) >= 11 is 0. The molecule has 0 unspecified atom stereocenters. The summed E-state index contributed by atoms with van der Waals surface area (Å²) in [7, 11) is -0.923. The van der Waals surface area contributed by atoms with E-state index in [1.54, 1.807) is 18.2 Å². The lowest BCUT2D eigenvalue weighted by Gasteiger charge is -2.13. The van der Waals surface area contributed by atoms with E-state index < -0.39 is 21.5 Å². The first kappa shape index (κ1) is 12.7. The molecule has 0 radical (unpaired) electrons. The smallest absolute Gasteiger partial charge is 0.261 e. The molecule has 0 fully saturated rings. The third-order valence-corrected chi connectivity index (χ3v) is 3.66. The van der Waals surface area contributed by atoms with Crippen LogP contribution in [0.4, 0.5) is 0 Å². The average Bonchev–Trinajstić information content (AvgIpc) is 2.28. The first-order valence-electron chi connectivity index (χ1n) is 4.56. The molecule has 0 saturated heterocycles. The molecule has 0 aromatic heterocycles. The second-order valence-corrected chi connectivity index (χ2v) is 5.14. The first-order chi connectivity index (χ1) is 7.47. The van der Waals surface area contributed by atoms with Gasteiger partial charge in [-0.15, -0.1) is 0 Å². The van der Waals surface area contributed by atoms with Crippen molar-refractivity contribution in [1.82, 2.24) is 5.06 Å². The second kappa shape index (κ2) is 5.09. The number of hydrogen-bond acceptors (Lipinski definition) is 4. The molecule has 0 aliphatic rings. The number of hydrogen-bond donors (Lipinski definition) is 0. The van der Waals surface area contributed by atoms with E-state index in [-0.39, 0.29) is 4.90 Å². The molecule has 0 aliphatic heterocycles. The van der Waals surface area contributed by atoms with Crippen molar-refractivity contribution in [2.24, 2.45) is 0 Å². The van der Waals surface area contributed by atoms with E-state index in [9.17, 15) is 13.2 Å². The molecule has 1 rings (SSSR count). The van der Waals surface area contributed by atoms with Gasteiger partial charge in [-0.1, -0.05) is 18.2 Å². The van der Waals surface area contributed by atoms with Crippen molar-refractivity contribution in [3.8, 4) is 0 Å². The van der Waals surface area contributed by atoms with Crippen LogP contribution in [0.15, 0.2) is 35.2 Å². The van der Waals surface area contributed by atoms with Gasteiger partial charge in [0, 0.05) is 7.05 Å². The van der Waals surface area contributed by atoms with Crippen LogP contribution in [0.2, 0.25) is 0 Å². The molecule has 16 heavy (non-hydrogen) atoms. The van der Waals surface area contributed by atoms with Crippen molar-refractivity contribution in [2.75, 3.05) is 19.9 Å². The van der Waals surface area contributed by atoms with Crippen molar-refractivity contribution in [1.29, 1.82) is 0 Å². The number of amides is 1. The predicted molar refractivity (Wildman–Crippen MR) is 58.3 cm³/mol. The Labute approximate surface area is 94.5 Å². The highest BCUT2D eigenvalue weighted by atomic mass is 32.2. The van der Waals surface area contributed by atoms with Crippen LogP contribution in [0.1, 0.15) is 0 Å². The zero-order valence-electron chi connectivity index (χ0n) is 9.08. The summed E-state index contributed by atoms with van der Waals surface area (Å²) in [6.07, 6.45) is 0. The molecule has 0 N–H and O–H groups in total. The molecular formula is C10H13NO4S. The molecule has 0 aliphatic carbocycles. The van der Waals surface area contributed by atoms with Crippen molar-refractivity contribution in [2.45, 2.75) is 4.90 Å². The number of carbonyl (C=O) groups excluding carboxylic acids is 1. The maximum Gasteiger partial charge on any atom is 0.261 e. The molecule has 1 aromatic rings. The van der Waals surface area contributed by atoms with Crippen molar-refractivity contribution in [3.63, 3.8) is 0 Å². The Morgan fingerprint density at radius 2 is 1.88 bits per heavy atom. The number of nitrogens with zero attached hydrogens (tertiary/aromatic N) is 1. The lowest BCUT2D eigenvalue weighted by molar-refractivity contribution is -0.165. The van der Waals surface area contributed by atoms with Crippen LogP contribution < -0.4 is 0 Å². The Morgan fingerprint density at radius 1 is 1.31 bits per heavy atom. The highest BCUT2D eigenvalue weighted by Crippen LogP contribution is 2.10. The maximum absolute atomic E-state index is 11.8. The summed E-state index contributed by atoms with van der Waals surface area (Å²) in [6, 6.07) is 7.84. The molecule has 0 bridgehead atoms. The average molecular weight is 243 g/mol. The molecule has 5 nitrogen and oxygen atoms in total. The van der Waals surface area contributed by atoms with Gasteiger partial charge >= 0.3 is 0 Å². The van der Waals surface area contributed by atoms with E-state index in [1.165, 1.54) is 26.3 Å². The van der Waals surface area contributed by atoms with E-state index in [0.29, 0.717) is 0 Å². The van der Waals surface area contributed by atoms with Crippen LogP contribution in [0.25, 0.3) is 0 Å². The maximum atomic E-state index is 11.8. The predicted octanol–water partition coefficient (Wildman–Crippen LogP) is 0.480. The van der Waals surface area contributed by atoms with Gasteiger partial charge in [0.25, 0.3) is 5.91 Å². The minimum Gasteiger partial charge on any atom is -0.275 e. The van der Waals surface area contributed by atoms with Gasteiger partial charge in [0.05, 0.1) is 12.0 Å². The highest BCUT2D eigenvalue weighted by molar-refractivity contribution is 7.92. The van der Waals surface area contributed by atoms with Gasteiger partial charge in [-0.2, -0.15) is 0 Å². The summed E-state index contributed by atoms with van der Waals surface area (Å²) in [5, 5.41) is 0.889. The summed E-state index contributed by atoms with van der Waals surface area (Å²) in [5.74, 6) is -1.20. The minimum absolute atomic E-state index is 0.132. The molecule has 0 saturated carbocycles. The van der Waals surface area contributed by atoms with Gasteiger partial charge in [-0.25, -0.2) is 13.5 Å². The number of hydroxylamine groups is 2. The Balaban J connectivity index is 2.86. The van der Waals surface area contributed by atoms with E-state index in [2.05, 4.69) is 4.84 Å². The second-order valence-electron chi connectivity index (χ2n) is 3.15. The lowest BCUT2D eigenvalue weighted by atomic mass is 10.4. The van der Waals surface area contributed by atoms with Crippen molar-refractivity contribution >= 4 is 15.7 Å². The third-order valence-electron chi connectivity index (χ3n) is 2.04. The number of rotatable bonds is 4. The quantitative estimate of drug-likeness (QED) is 0.721. The zero-order chi connectivity index (χ0) is 12.2. The monoisotopic (exact) mass is 243 g/mol. The topological polar surface area (TPSA) is 63.7 Å². The standard InChI is InChI=1S/C10H13NO4S/c1-11(15-2)10(12)8-16(13,14)9-6-4-3-5-7-9/h3-7H,8H2,1-2H3.